The maximum absolute atomic E-state index is 4.71. The van der Waals surface area contributed by atoms with Crippen LogP contribution in [0.3, 0.4) is 0 Å². The average molecular weight is 360 g/mol. The second-order valence-electron chi connectivity index (χ2n) is 6.38. The number of pyridine rings is 1. The van der Waals surface area contributed by atoms with E-state index in [1.54, 1.807) is 23.3 Å². The van der Waals surface area contributed by atoms with Crippen LogP contribution in [0, 0.1) is 13.8 Å². The Labute approximate surface area is 156 Å². The third-order valence-corrected chi connectivity index (χ3v) is 4.20. The van der Waals surface area contributed by atoms with Gasteiger partial charge in [-0.2, -0.15) is 5.10 Å². The Kier molecular flexibility index (Phi) is 4.45. The molecule has 4 heterocycles. The first-order valence-corrected chi connectivity index (χ1v) is 8.75. The molecular weight excluding hydrogens is 340 g/mol. The van der Waals surface area contributed by atoms with Crippen LogP contribution in [0.25, 0.3) is 22.4 Å². The van der Waals surface area contributed by atoms with Gasteiger partial charge in [-0.15, -0.1) is 0 Å². The van der Waals surface area contributed by atoms with E-state index in [0.29, 0.717) is 18.8 Å². The Balaban J connectivity index is 1.62. The van der Waals surface area contributed by atoms with Crippen molar-refractivity contribution >= 4 is 16.9 Å². The summed E-state index contributed by atoms with van der Waals surface area (Å²) in [5.74, 6) is 2.22. The second-order valence-corrected chi connectivity index (χ2v) is 6.38. The molecule has 4 aromatic heterocycles. The molecule has 0 saturated heterocycles. The summed E-state index contributed by atoms with van der Waals surface area (Å²) in [6, 6.07) is 5.76. The van der Waals surface area contributed by atoms with Crippen LogP contribution < -0.4 is 5.32 Å². The van der Waals surface area contributed by atoms with Crippen LogP contribution in [0.1, 0.15) is 17.2 Å². The molecule has 0 radical (unpaired) electrons. The van der Waals surface area contributed by atoms with E-state index in [9.17, 15) is 0 Å². The normalized spacial score (nSPS) is 11.1. The van der Waals surface area contributed by atoms with Crippen molar-refractivity contribution in [3.05, 3.63) is 54.0 Å². The van der Waals surface area contributed by atoms with E-state index in [4.69, 9.17) is 4.98 Å². The smallest absolute Gasteiger partial charge is 0.164 e. The lowest BCUT2D eigenvalue weighted by Crippen LogP contribution is -2.11. The Bertz CT molecular complexity index is 1070. The molecule has 0 fully saturated rings. The molecule has 0 unspecified atom stereocenters. The van der Waals surface area contributed by atoms with Gasteiger partial charge in [0.2, 0.25) is 0 Å². The van der Waals surface area contributed by atoms with Crippen molar-refractivity contribution in [1.82, 2.24) is 34.7 Å². The zero-order valence-corrected chi connectivity index (χ0v) is 15.5. The number of fused-ring (bicyclic) bond motifs is 1. The number of rotatable bonds is 5. The third kappa shape index (κ3) is 3.59. The number of anilines is 1. The molecular formula is C19H20N8. The fourth-order valence-corrected chi connectivity index (χ4v) is 2.99. The fraction of sp³-hybridized carbons (Fsp3) is 0.263. The van der Waals surface area contributed by atoms with Gasteiger partial charge in [-0.05, 0) is 32.0 Å². The summed E-state index contributed by atoms with van der Waals surface area (Å²) < 4.78 is 1.75. The lowest BCUT2D eigenvalue weighted by atomic mass is 10.2. The third-order valence-electron chi connectivity index (χ3n) is 4.20. The van der Waals surface area contributed by atoms with Gasteiger partial charge in [0.1, 0.15) is 11.6 Å². The van der Waals surface area contributed by atoms with Gasteiger partial charge in [-0.1, -0.05) is 0 Å². The standard InChI is InChI=1S/C19H20N8/c1-12-10-13(2)24-16(23-12)6-9-21-18-15-11-22-27(3)19(15)26-17(25-18)14-4-7-20-8-5-14/h4-5,7-8,10-11H,6,9H2,1-3H3,(H,21,25,26). The van der Waals surface area contributed by atoms with Gasteiger partial charge in [0.15, 0.2) is 11.5 Å². The van der Waals surface area contributed by atoms with E-state index in [1.165, 1.54) is 0 Å². The van der Waals surface area contributed by atoms with Gasteiger partial charge < -0.3 is 5.32 Å². The highest BCUT2D eigenvalue weighted by Gasteiger charge is 2.13. The molecule has 1 N–H and O–H groups in total. The number of nitrogens with zero attached hydrogens (tertiary/aromatic N) is 7. The summed E-state index contributed by atoms with van der Waals surface area (Å²) in [6.45, 7) is 4.63. The molecule has 0 spiro atoms. The molecule has 4 aromatic rings. The van der Waals surface area contributed by atoms with Crippen LogP contribution in [-0.4, -0.2) is 41.2 Å². The molecule has 0 bridgehead atoms. The summed E-state index contributed by atoms with van der Waals surface area (Å²) >= 11 is 0. The number of hydrogen-bond donors (Lipinski definition) is 1. The van der Waals surface area contributed by atoms with Crippen molar-refractivity contribution in [2.75, 3.05) is 11.9 Å². The predicted molar refractivity (Wildman–Crippen MR) is 103 cm³/mol. The van der Waals surface area contributed by atoms with Crippen molar-refractivity contribution in [3.63, 3.8) is 0 Å². The zero-order valence-electron chi connectivity index (χ0n) is 15.5. The maximum Gasteiger partial charge on any atom is 0.164 e. The minimum Gasteiger partial charge on any atom is -0.369 e. The summed E-state index contributed by atoms with van der Waals surface area (Å²) in [4.78, 5) is 22.4. The van der Waals surface area contributed by atoms with Crippen LogP contribution in [0.5, 0.6) is 0 Å². The molecule has 0 atom stereocenters. The Morgan fingerprint density at radius 1 is 1.00 bits per heavy atom. The highest BCUT2D eigenvalue weighted by molar-refractivity contribution is 5.88. The first-order chi connectivity index (χ1) is 13.1. The molecule has 0 saturated carbocycles. The van der Waals surface area contributed by atoms with Crippen molar-refractivity contribution in [2.45, 2.75) is 20.3 Å². The molecule has 0 aliphatic carbocycles. The maximum atomic E-state index is 4.71. The van der Waals surface area contributed by atoms with E-state index in [1.807, 2.05) is 39.1 Å². The van der Waals surface area contributed by atoms with Crippen molar-refractivity contribution in [2.24, 2.45) is 7.05 Å². The van der Waals surface area contributed by atoms with Gasteiger partial charge in [0.05, 0.1) is 11.6 Å². The van der Waals surface area contributed by atoms with Crippen molar-refractivity contribution < 1.29 is 0 Å². The monoisotopic (exact) mass is 360 g/mol. The number of aryl methyl sites for hydroxylation is 3. The lowest BCUT2D eigenvalue weighted by molar-refractivity contribution is 0.786. The summed E-state index contributed by atoms with van der Waals surface area (Å²) in [6.07, 6.45) is 5.95. The van der Waals surface area contributed by atoms with Gasteiger partial charge in [0.25, 0.3) is 0 Å². The predicted octanol–water partition coefficient (Wildman–Crippen LogP) is 2.49. The summed E-state index contributed by atoms with van der Waals surface area (Å²) in [5, 5.41) is 8.60. The average Bonchev–Trinajstić information content (AvgIpc) is 3.03. The highest BCUT2D eigenvalue weighted by Crippen LogP contribution is 2.24. The van der Waals surface area contributed by atoms with Crippen LogP contribution in [0.15, 0.2) is 36.8 Å². The van der Waals surface area contributed by atoms with Gasteiger partial charge in [-0.3, -0.25) is 9.67 Å². The highest BCUT2D eigenvalue weighted by atomic mass is 15.3. The van der Waals surface area contributed by atoms with Crippen LogP contribution in [0.4, 0.5) is 5.82 Å². The Hall–Kier alpha value is -3.42. The van der Waals surface area contributed by atoms with E-state index in [-0.39, 0.29) is 0 Å². The molecule has 8 heteroatoms. The fourth-order valence-electron chi connectivity index (χ4n) is 2.99. The van der Waals surface area contributed by atoms with Gasteiger partial charge in [0, 0.05) is 49.4 Å². The summed E-state index contributed by atoms with van der Waals surface area (Å²) in [5.41, 5.74) is 3.65. The largest absolute Gasteiger partial charge is 0.369 e. The van der Waals surface area contributed by atoms with E-state index in [0.717, 1.165) is 39.6 Å². The quantitative estimate of drug-likeness (QED) is 0.584. The molecule has 0 aromatic carbocycles. The van der Waals surface area contributed by atoms with Crippen LogP contribution in [-0.2, 0) is 13.5 Å². The first kappa shape index (κ1) is 17.0. The van der Waals surface area contributed by atoms with Crippen molar-refractivity contribution in [1.29, 1.82) is 0 Å². The number of hydrogen-bond acceptors (Lipinski definition) is 7. The Morgan fingerprint density at radius 2 is 1.74 bits per heavy atom. The zero-order chi connectivity index (χ0) is 18.8. The van der Waals surface area contributed by atoms with E-state index in [2.05, 4.69) is 30.4 Å². The molecule has 0 aliphatic heterocycles. The Morgan fingerprint density at radius 3 is 2.48 bits per heavy atom. The molecule has 136 valence electrons. The van der Waals surface area contributed by atoms with E-state index >= 15 is 0 Å². The number of aromatic nitrogens is 7. The molecule has 8 nitrogen and oxygen atoms in total. The molecule has 4 rings (SSSR count). The molecule has 27 heavy (non-hydrogen) atoms. The second kappa shape index (κ2) is 7.06. The van der Waals surface area contributed by atoms with Crippen LogP contribution >= 0.6 is 0 Å². The van der Waals surface area contributed by atoms with Gasteiger partial charge in [-0.25, -0.2) is 19.9 Å². The molecule has 0 aliphatic rings. The van der Waals surface area contributed by atoms with Crippen molar-refractivity contribution in [3.8, 4) is 11.4 Å². The topological polar surface area (TPSA) is 94.3 Å². The SMILES string of the molecule is Cc1cc(C)nc(CCNc2nc(-c3ccncc3)nc3c2cnn3C)n1. The lowest BCUT2D eigenvalue weighted by Gasteiger charge is -2.09. The van der Waals surface area contributed by atoms with Crippen LogP contribution in [0.2, 0.25) is 0 Å². The summed E-state index contributed by atoms with van der Waals surface area (Å²) in [7, 11) is 1.87. The minimum absolute atomic E-state index is 0.638. The minimum atomic E-state index is 0.638. The molecule has 0 amide bonds. The number of nitrogens with one attached hydrogen (secondary N) is 1. The van der Waals surface area contributed by atoms with E-state index < -0.39 is 0 Å². The van der Waals surface area contributed by atoms with Gasteiger partial charge >= 0.3 is 0 Å². The first-order valence-electron chi connectivity index (χ1n) is 8.75.